The summed E-state index contributed by atoms with van der Waals surface area (Å²) in [5.74, 6) is 0.772. The van der Waals surface area contributed by atoms with E-state index in [4.69, 9.17) is 0 Å². The molecule has 1 unspecified atom stereocenters. The van der Waals surface area contributed by atoms with E-state index < -0.39 is 0 Å². The topological polar surface area (TPSA) is 32.3 Å². The van der Waals surface area contributed by atoms with Gasteiger partial charge in [-0.05, 0) is 18.6 Å². The second kappa shape index (κ2) is 5.96. The van der Waals surface area contributed by atoms with E-state index in [1.54, 1.807) is 16.8 Å². The first-order valence-electron chi connectivity index (χ1n) is 6.06. The van der Waals surface area contributed by atoms with Crippen LogP contribution in [0.15, 0.2) is 30.3 Å². The summed E-state index contributed by atoms with van der Waals surface area (Å²) < 4.78 is 0. The minimum Gasteiger partial charge on any atom is -0.295 e. The first kappa shape index (κ1) is 12.3. The molecule has 1 fully saturated rings. The van der Waals surface area contributed by atoms with Crippen molar-refractivity contribution in [3.05, 3.63) is 30.3 Å². The number of amides is 1. The Balaban J connectivity index is 1.99. The van der Waals surface area contributed by atoms with Crippen LogP contribution in [0.5, 0.6) is 0 Å². The Hall–Kier alpha value is -1.16. The summed E-state index contributed by atoms with van der Waals surface area (Å²) in [4.78, 5) is 11.8. The van der Waals surface area contributed by atoms with Crippen LogP contribution < -0.4 is 5.43 Å². The summed E-state index contributed by atoms with van der Waals surface area (Å²) in [5, 5.41) is 2.07. The third kappa shape index (κ3) is 3.16. The number of carbonyl (C=O) groups excluding carboxylic acids is 1. The molecule has 1 aliphatic rings. The fourth-order valence-corrected chi connectivity index (χ4v) is 2.98. The molecule has 0 aromatic heterocycles. The average Bonchev–Trinajstić information content (AvgIpc) is 2.70. The maximum Gasteiger partial charge on any atom is 0.252 e. The number of hydrogen-bond donors (Lipinski definition) is 1. The van der Waals surface area contributed by atoms with Gasteiger partial charge in [-0.3, -0.25) is 10.2 Å². The monoisotopic (exact) mass is 250 g/mol. The molecule has 2 rings (SSSR count). The van der Waals surface area contributed by atoms with E-state index in [-0.39, 0.29) is 11.3 Å². The minimum atomic E-state index is 0.181. The number of hydrogen-bond acceptors (Lipinski definition) is 3. The quantitative estimate of drug-likeness (QED) is 0.871. The highest BCUT2D eigenvalue weighted by Gasteiger charge is 2.31. The Morgan fingerprint density at radius 1 is 1.41 bits per heavy atom. The molecule has 1 atom stereocenters. The summed E-state index contributed by atoms with van der Waals surface area (Å²) in [7, 11) is 0. The van der Waals surface area contributed by atoms with Gasteiger partial charge in [-0.15, -0.1) is 11.8 Å². The molecule has 1 aromatic rings. The minimum absolute atomic E-state index is 0.181. The van der Waals surface area contributed by atoms with E-state index in [1.807, 2.05) is 30.3 Å². The highest BCUT2D eigenvalue weighted by molar-refractivity contribution is 8.00. The second-order valence-electron chi connectivity index (χ2n) is 4.15. The van der Waals surface area contributed by atoms with Crippen molar-refractivity contribution < 1.29 is 4.79 Å². The van der Waals surface area contributed by atoms with Gasteiger partial charge in [0.05, 0.1) is 16.8 Å². The fourth-order valence-electron chi connectivity index (χ4n) is 1.85. The van der Waals surface area contributed by atoms with Crippen molar-refractivity contribution in [2.24, 2.45) is 0 Å². The van der Waals surface area contributed by atoms with Crippen LogP contribution in [-0.4, -0.2) is 22.0 Å². The number of anilines is 1. The van der Waals surface area contributed by atoms with Crippen molar-refractivity contribution >= 4 is 23.4 Å². The van der Waals surface area contributed by atoms with E-state index in [2.05, 4.69) is 12.3 Å². The first-order chi connectivity index (χ1) is 8.31. The zero-order valence-corrected chi connectivity index (χ0v) is 10.9. The smallest absolute Gasteiger partial charge is 0.252 e. The summed E-state index contributed by atoms with van der Waals surface area (Å²) in [6.07, 6.45) is 3.40. The maximum absolute atomic E-state index is 11.8. The van der Waals surface area contributed by atoms with Crippen LogP contribution in [0.2, 0.25) is 0 Å². The van der Waals surface area contributed by atoms with E-state index in [0.29, 0.717) is 5.75 Å². The number of para-hydroxylation sites is 1. The number of hydrazine groups is 1. The predicted molar refractivity (Wildman–Crippen MR) is 72.7 cm³/mol. The van der Waals surface area contributed by atoms with Crippen molar-refractivity contribution in [2.75, 3.05) is 11.2 Å². The summed E-state index contributed by atoms with van der Waals surface area (Å²) >= 11 is 1.73. The molecule has 1 saturated heterocycles. The molecule has 1 amide bonds. The Bertz CT molecular complexity index is 369. The molecule has 1 aromatic carbocycles. The van der Waals surface area contributed by atoms with Crippen LogP contribution in [0.1, 0.15) is 26.2 Å². The molecule has 0 radical (unpaired) electrons. The zero-order chi connectivity index (χ0) is 12.1. The Morgan fingerprint density at radius 3 is 2.88 bits per heavy atom. The van der Waals surface area contributed by atoms with Gasteiger partial charge in [-0.1, -0.05) is 38.0 Å². The molecular weight excluding hydrogens is 232 g/mol. The standard InChI is InChI=1S/C13H18N2OS/c1-2-3-9-13-15(12(16)10-17-13)14-11-7-5-4-6-8-11/h4-8,13-14H,2-3,9-10H2,1H3. The summed E-state index contributed by atoms with van der Waals surface area (Å²) in [5.41, 5.74) is 4.19. The largest absolute Gasteiger partial charge is 0.295 e. The van der Waals surface area contributed by atoms with Gasteiger partial charge in [0.15, 0.2) is 0 Å². The normalized spacial score (nSPS) is 19.7. The van der Waals surface area contributed by atoms with Crippen LogP contribution in [0.3, 0.4) is 0 Å². The highest BCUT2D eigenvalue weighted by atomic mass is 32.2. The van der Waals surface area contributed by atoms with E-state index in [0.717, 1.165) is 18.5 Å². The number of unbranched alkanes of at least 4 members (excludes halogenated alkanes) is 1. The van der Waals surface area contributed by atoms with Crippen LogP contribution in [0.25, 0.3) is 0 Å². The van der Waals surface area contributed by atoms with Gasteiger partial charge in [0.2, 0.25) is 0 Å². The van der Waals surface area contributed by atoms with Gasteiger partial charge in [-0.2, -0.15) is 0 Å². The Labute approximate surface area is 107 Å². The SMILES string of the molecule is CCCCC1SCC(=O)N1Nc1ccccc1. The maximum atomic E-state index is 11.8. The van der Waals surface area contributed by atoms with Crippen molar-refractivity contribution in [1.29, 1.82) is 0 Å². The van der Waals surface area contributed by atoms with Crippen molar-refractivity contribution in [2.45, 2.75) is 31.6 Å². The van der Waals surface area contributed by atoms with Crippen LogP contribution in [-0.2, 0) is 4.79 Å². The van der Waals surface area contributed by atoms with Crippen LogP contribution in [0.4, 0.5) is 5.69 Å². The lowest BCUT2D eigenvalue weighted by Crippen LogP contribution is -2.37. The molecule has 0 saturated carbocycles. The van der Waals surface area contributed by atoms with Crippen LogP contribution in [0, 0.1) is 0 Å². The molecule has 1 heterocycles. The summed E-state index contributed by atoms with van der Waals surface area (Å²) in [6.45, 7) is 2.18. The number of thioether (sulfide) groups is 1. The molecule has 4 heteroatoms. The molecule has 3 nitrogen and oxygen atoms in total. The first-order valence-corrected chi connectivity index (χ1v) is 7.11. The second-order valence-corrected chi connectivity index (χ2v) is 5.32. The molecule has 17 heavy (non-hydrogen) atoms. The fraction of sp³-hybridized carbons (Fsp3) is 0.462. The van der Waals surface area contributed by atoms with Gasteiger partial charge in [0.25, 0.3) is 5.91 Å². The lowest BCUT2D eigenvalue weighted by molar-refractivity contribution is -0.126. The molecule has 0 spiro atoms. The lowest BCUT2D eigenvalue weighted by atomic mass is 10.2. The van der Waals surface area contributed by atoms with E-state index in [1.165, 1.54) is 6.42 Å². The molecular formula is C13H18N2OS. The van der Waals surface area contributed by atoms with E-state index in [9.17, 15) is 4.79 Å². The average molecular weight is 250 g/mol. The molecule has 0 bridgehead atoms. The van der Waals surface area contributed by atoms with E-state index >= 15 is 0 Å². The third-order valence-corrected chi connectivity index (χ3v) is 4.03. The molecule has 1 aliphatic heterocycles. The zero-order valence-electron chi connectivity index (χ0n) is 10.1. The van der Waals surface area contributed by atoms with Crippen molar-refractivity contribution in [1.82, 2.24) is 5.01 Å². The highest BCUT2D eigenvalue weighted by Crippen LogP contribution is 2.29. The van der Waals surface area contributed by atoms with Gasteiger partial charge in [0.1, 0.15) is 0 Å². The number of rotatable bonds is 5. The van der Waals surface area contributed by atoms with Crippen molar-refractivity contribution in [3.8, 4) is 0 Å². The predicted octanol–water partition coefficient (Wildman–Crippen LogP) is 3.11. The number of carbonyl (C=O) groups is 1. The van der Waals surface area contributed by atoms with Crippen molar-refractivity contribution in [3.63, 3.8) is 0 Å². The number of nitrogens with one attached hydrogen (secondary N) is 1. The van der Waals surface area contributed by atoms with Crippen LogP contribution >= 0.6 is 11.8 Å². The third-order valence-electron chi connectivity index (χ3n) is 2.78. The molecule has 92 valence electrons. The molecule has 0 aliphatic carbocycles. The lowest BCUT2D eigenvalue weighted by Gasteiger charge is -2.25. The Morgan fingerprint density at radius 2 is 2.18 bits per heavy atom. The number of benzene rings is 1. The van der Waals surface area contributed by atoms with Gasteiger partial charge >= 0.3 is 0 Å². The van der Waals surface area contributed by atoms with Gasteiger partial charge in [-0.25, -0.2) is 5.01 Å². The Kier molecular flexibility index (Phi) is 4.31. The van der Waals surface area contributed by atoms with Gasteiger partial charge in [0, 0.05) is 0 Å². The molecule has 1 N–H and O–H groups in total. The van der Waals surface area contributed by atoms with Gasteiger partial charge < -0.3 is 0 Å². The summed E-state index contributed by atoms with van der Waals surface area (Å²) in [6, 6.07) is 9.87. The number of nitrogens with zero attached hydrogens (tertiary/aromatic N) is 1.